The van der Waals surface area contributed by atoms with Gasteiger partial charge in [0.05, 0.1) is 5.70 Å². The minimum atomic E-state index is 1.00. The lowest BCUT2D eigenvalue weighted by molar-refractivity contribution is 0.988. The lowest BCUT2D eigenvalue weighted by Gasteiger charge is -2.08. The zero-order chi connectivity index (χ0) is 17.2. The minimum absolute atomic E-state index is 1.00. The molecule has 0 spiro atoms. The van der Waals surface area contributed by atoms with Gasteiger partial charge >= 0.3 is 0 Å². The van der Waals surface area contributed by atoms with E-state index in [9.17, 15) is 0 Å². The molecule has 2 aromatic carbocycles. The summed E-state index contributed by atoms with van der Waals surface area (Å²) >= 11 is 0. The highest BCUT2D eigenvalue weighted by Gasteiger charge is 2.04. The van der Waals surface area contributed by atoms with Crippen LogP contribution in [0.1, 0.15) is 51.2 Å². The van der Waals surface area contributed by atoms with Crippen molar-refractivity contribution in [1.29, 1.82) is 0 Å². The van der Waals surface area contributed by atoms with Gasteiger partial charge < -0.3 is 0 Å². The number of hydrogen-bond acceptors (Lipinski definition) is 1. The third-order valence-electron chi connectivity index (χ3n) is 3.82. The van der Waals surface area contributed by atoms with Gasteiger partial charge in [-0.2, -0.15) is 0 Å². The van der Waals surface area contributed by atoms with Crippen molar-refractivity contribution in [3.63, 3.8) is 0 Å². The van der Waals surface area contributed by atoms with E-state index in [1.54, 1.807) is 0 Å². The smallest absolute Gasteiger partial charge is 0.0707 e. The molecule has 0 amide bonds. The van der Waals surface area contributed by atoms with Gasteiger partial charge in [0, 0.05) is 11.3 Å². The van der Waals surface area contributed by atoms with Crippen molar-refractivity contribution < 1.29 is 0 Å². The van der Waals surface area contributed by atoms with Gasteiger partial charge in [-0.05, 0) is 37.0 Å². The van der Waals surface area contributed by atoms with Crippen molar-refractivity contribution in [3.8, 4) is 0 Å². The van der Waals surface area contributed by atoms with Gasteiger partial charge in [0.15, 0.2) is 0 Å². The SMILES string of the molecule is CC/C=C(/C=C(\N=C(C)CCC)c1ccccc1)c1ccccc1. The van der Waals surface area contributed by atoms with Crippen LogP contribution >= 0.6 is 0 Å². The summed E-state index contributed by atoms with van der Waals surface area (Å²) in [5.74, 6) is 0. The zero-order valence-electron chi connectivity index (χ0n) is 15.0. The second-order valence-electron chi connectivity index (χ2n) is 5.93. The van der Waals surface area contributed by atoms with Crippen LogP contribution in [0.15, 0.2) is 77.8 Å². The maximum Gasteiger partial charge on any atom is 0.0707 e. The maximum atomic E-state index is 4.92. The van der Waals surface area contributed by atoms with Crippen LogP contribution in [0.25, 0.3) is 11.3 Å². The molecule has 0 unspecified atom stereocenters. The highest BCUT2D eigenvalue weighted by molar-refractivity contribution is 5.91. The van der Waals surface area contributed by atoms with Crippen molar-refractivity contribution in [3.05, 3.63) is 83.9 Å². The van der Waals surface area contributed by atoms with E-state index in [-0.39, 0.29) is 0 Å². The van der Waals surface area contributed by atoms with Gasteiger partial charge in [-0.1, -0.05) is 87.0 Å². The standard InChI is InChI=1S/C23H27N/c1-4-12-19(3)24-23(21-16-10-7-11-17-21)18-22(13-5-2)20-14-8-6-9-15-20/h6-11,13-18H,4-5,12H2,1-3H3/b22-13-,23-18-,24-19?. The fourth-order valence-electron chi connectivity index (χ4n) is 2.67. The Balaban J connectivity index is 2.50. The molecule has 0 saturated carbocycles. The molecule has 1 heteroatoms. The van der Waals surface area contributed by atoms with E-state index < -0.39 is 0 Å². The molecule has 24 heavy (non-hydrogen) atoms. The molecule has 0 saturated heterocycles. The number of aliphatic imine (C=N–C) groups is 1. The van der Waals surface area contributed by atoms with Crippen LogP contribution in [-0.4, -0.2) is 5.71 Å². The Morgan fingerprint density at radius 3 is 2.00 bits per heavy atom. The topological polar surface area (TPSA) is 12.4 Å². The Bertz CT molecular complexity index is 706. The lowest BCUT2D eigenvalue weighted by Crippen LogP contribution is -1.93. The van der Waals surface area contributed by atoms with Crippen molar-refractivity contribution in [1.82, 2.24) is 0 Å². The van der Waals surface area contributed by atoms with Gasteiger partial charge in [0.25, 0.3) is 0 Å². The summed E-state index contributed by atoms with van der Waals surface area (Å²) in [6, 6.07) is 21.0. The fourth-order valence-corrected chi connectivity index (χ4v) is 2.67. The van der Waals surface area contributed by atoms with E-state index >= 15 is 0 Å². The quantitative estimate of drug-likeness (QED) is 0.394. The summed E-state index contributed by atoms with van der Waals surface area (Å²) in [4.78, 5) is 4.92. The van der Waals surface area contributed by atoms with Gasteiger partial charge in [-0.25, -0.2) is 0 Å². The monoisotopic (exact) mass is 317 g/mol. The summed E-state index contributed by atoms with van der Waals surface area (Å²) in [5, 5.41) is 0. The average molecular weight is 317 g/mol. The molecule has 2 aromatic rings. The molecule has 0 radical (unpaired) electrons. The van der Waals surface area contributed by atoms with Crippen molar-refractivity contribution >= 4 is 17.0 Å². The first-order valence-electron chi connectivity index (χ1n) is 8.81. The molecule has 0 N–H and O–H groups in total. The Labute approximate surface area is 146 Å². The van der Waals surface area contributed by atoms with Crippen molar-refractivity contribution in [2.45, 2.75) is 40.0 Å². The zero-order valence-corrected chi connectivity index (χ0v) is 15.0. The Morgan fingerprint density at radius 2 is 1.46 bits per heavy atom. The molecular formula is C23H27N. The molecular weight excluding hydrogens is 290 g/mol. The van der Waals surface area contributed by atoms with E-state index in [1.807, 2.05) is 6.07 Å². The molecule has 0 aliphatic heterocycles. The summed E-state index contributed by atoms with van der Waals surface area (Å²) < 4.78 is 0. The number of rotatable bonds is 7. The molecule has 0 atom stereocenters. The number of nitrogens with zero attached hydrogens (tertiary/aromatic N) is 1. The predicted octanol–water partition coefficient (Wildman–Crippen LogP) is 6.78. The van der Waals surface area contributed by atoms with Gasteiger partial charge in [-0.3, -0.25) is 4.99 Å². The van der Waals surface area contributed by atoms with Gasteiger partial charge in [0.2, 0.25) is 0 Å². The largest absolute Gasteiger partial charge is 0.257 e. The van der Waals surface area contributed by atoms with E-state index in [2.05, 4.69) is 87.5 Å². The predicted molar refractivity (Wildman–Crippen MR) is 107 cm³/mol. The summed E-state index contributed by atoms with van der Waals surface area (Å²) in [6.45, 7) is 6.48. The van der Waals surface area contributed by atoms with E-state index in [1.165, 1.54) is 16.8 Å². The third-order valence-corrected chi connectivity index (χ3v) is 3.82. The highest BCUT2D eigenvalue weighted by atomic mass is 14.8. The van der Waals surface area contributed by atoms with Crippen LogP contribution in [0.3, 0.4) is 0 Å². The minimum Gasteiger partial charge on any atom is -0.257 e. The van der Waals surface area contributed by atoms with E-state index in [4.69, 9.17) is 4.99 Å². The first-order chi connectivity index (χ1) is 11.7. The second kappa shape index (κ2) is 9.67. The normalized spacial score (nSPS) is 13.2. The Hall–Kier alpha value is -2.41. The summed E-state index contributed by atoms with van der Waals surface area (Å²) in [6.07, 6.45) is 7.63. The highest BCUT2D eigenvalue weighted by Crippen LogP contribution is 2.24. The maximum absolute atomic E-state index is 4.92. The first kappa shape index (κ1) is 17.9. The van der Waals surface area contributed by atoms with Crippen LogP contribution in [0, 0.1) is 0 Å². The number of allylic oxidation sites excluding steroid dienone is 3. The molecule has 1 nitrogen and oxygen atoms in total. The molecule has 0 aliphatic rings. The molecule has 0 aromatic heterocycles. The lowest BCUT2D eigenvalue weighted by atomic mass is 10.0. The fraction of sp³-hybridized carbons (Fsp3) is 0.261. The van der Waals surface area contributed by atoms with Crippen molar-refractivity contribution in [2.24, 2.45) is 4.99 Å². The molecule has 0 aliphatic carbocycles. The Kier molecular flexibility index (Phi) is 7.22. The second-order valence-corrected chi connectivity index (χ2v) is 5.93. The van der Waals surface area contributed by atoms with Gasteiger partial charge in [-0.15, -0.1) is 0 Å². The van der Waals surface area contributed by atoms with Crippen LogP contribution in [-0.2, 0) is 0 Å². The molecule has 0 bridgehead atoms. The van der Waals surface area contributed by atoms with E-state index in [0.29, 0.717) is 0 Å². The average Bonchev–Trinajstić information content (AvgIpc) is 2.62. The van der Waals surface area contributed by atoms with Crippen LogP contribution in [0.2, 0.25) is 0 Å². The molecule has 0 fully saturated rings. The van der Waals surface area contributed by atoms with Crippen molar-refractivity contribution in [2.75, 3.05) is 0 Å². The summed E-state index contributed by atoms with van der Waals surface area (Å²) in [5.41, 5.74) is 5.83. The first-order valence-corrected chi connectivity index (χ1v) is 8.81. The van der Waals surface area contributed by atoms with Gasteiger partial charge in [0.1, 0.15) is 0 Å². The number of hydrogen-bond donors (Lipinski definition) is 0. The Morgan fingerprint density at radius 1 is 0.875 bits per heavy atom. The van der Waals surface area contributed by atoms with Crippen LogP contribution in [0.5, 0.6) is 0 Å². The van der Waals surface area contributed by atoms with E-state index in [0.717, 1.165) is 30.5 Å². The number of benzene rings is 2. The molecule has 2 rings (SSSR count). The third kappa shape index (κ3) is 5.34. The summed E-state index contributed by atoms with van der Waals surface area (Å²) in [7, 11) is 0. The molecule has 124 valence electrons. The molecule has 0 heterocycles. The van der Waals surface area contributed by atoms with Crippen LogP contribution < -0.4 is 0 Å². The van der Waals surface area contributed by atoms with Crippen LogP contribution in [0.4, 0.5) is 0 Å².